The first kappa shape index (κ1) is 40.5. The van der Waals surface area contributed by atoms with Crippen molar-refractivity contribution < 1.29 is 9.96 Å². The minimum absolute atomic E-state index is 0.282. The molecule has 0 atom stereocenters. The molecule has 17 nitrogen and oxygen atoms in total. The molecule has 270 valence electrons. The molecule has 21 heteroatoms. The maximum absolute atomic E-state index is 10.5. The molecule has 5 heterocycles. The van der Waals surface area contributed by atoms with Gasteiger partial charge in [0.15, 0.2) is 16.0 Å². The van der Waals surface area contributed by atoms with E-state index < -0.39 is 9.96 Å². The van der Waals surface area contributed by atoms with Gasteiger partial charge in [0.2, 0.25) is 6.19 Å². The number of pyridine rings is 3. The second-order valence-corrected chi connectivity index (χ2v) is 12.5. The lowest BCUT2D eigenvalue weighted by molar-refractivity contribution is -0.485. The summed E-state index contributed by atoms with van der Waals surface area (Å²) < 4.78 is 0. The van der Waals surface area contributed by atoms with E-state index in [2.05, 4.69) is 40.6 Å². The smallest absolute Gasteiger partial charge is 0.274 e. The third-order valence-electron chi connectivity index (χ3n) is 6.84. The lowest BCUT2D eigenvalue weighted by atomic mass is 10.2. The molecular formula is C30H34Cl3N13O4S. The lowest BCUT2D eigenvalue weighted by Gasteiger charge is -2.23. The van der Waals surface area contributed by atoms with Crippen LogP contribution < -0.4 is 10.6 Å². The summed E-state index contributed by atoms with van der Waals surface area (Å²) in [5, 5.41) is 39.8. The number of amidine groups is 1. The van der Waals surface area contributed by atoms with E-state index >= 15 is 0 Å². The molecule has 3 aromatic rings. The minimum atomic E-state index is -0.708. The van der Waals surface area contributed by atoms with Crippen LogP contribution in [0.4, 0.5) is 0 Å². The fourth-order valence-corrected chi connectivity index (χ4v) is 5.78. The number of guanidine groups is 1. The summed E-state index contributed by atoms with van der Waals surface area (Å²) in [6, 6.07) is 10.8. The number of hydrogen-bond acceptors (Lipinski definition) is 12. The standard InChI is InChI=1S/C11H15ClN4O2.C10H9ClN4S.C9H10ClN5O2/c1-3-15(11(13-2)8-16(17)18)7-9-4-5-10(12)14-6-9;11-9-2-1-8(5-13-9)6-15-3-4-16-10(15)14-7-12;10-8-2-1-7(5-12-8)6-14-4-3-11-9(14)13-15(16)17/h4-6,8,13H,3,7H2,1-2H3;1-2,5H,3-4,6H2;1-2,5H,3-4,6H2,(H,11,13)/b11-8+;14-10-;. The van der Waals surface area contributed by atoms with Gasteiger partial charge in [-0.3, -0.25) is 10.1 Å². The van der Waals surface area contributed by atoms with Crippen molar-refractivity contribution in [1.82, 2.24) is 40.3 Å². The molecule has 3 aromatic heterocycles. The number of hydrazone groups is 1. The number of halogens is 3. The fraction of sp³-hybridized carbons (Fsp3) is 0.333. The predicted molar refractivity (Wildman–Crippen MR) is 197 cm³/mol. The van der Waals surface area contributed by atoms with E-state index in [9.17, 15) is 20.2 Å². The Kier molecular flexibility index (Phi) is 16.9. The Morgan fingerprint density at radius 3 is 2.04 bits per heavy atom. The van der Waals surface area contributed by atoms with Gasteiger partial charge in [-0.25, -0.2) is 25.1 Å². The average Bonchev–Trinajstić information content (AvgIpc) is 3.74. The number of nitriles is 1. The molecular weight excluding hydrogens is 745 g/mol. The third-order valence-corrected chi connectivity index (χ3v) is 8.51. The molecule has 51 heavy (non-hydrogen) atoms. The van der Waals surface area contributed by atoms with E-state index in [1.165, 1.54) is 0 Å². The SMILES string of the molecule is CCN(Cc1ccc(Cl)nc1)/C(=C/[N+](=O)[O-])NC.N#C/N=C1\SCCN1Cc1ccc(Cl)nc1.O=[N+]([O-])/N=C1\NCCN1Cc1ccc(Cl)nc1. The zero-order valence-electron chi connectivity index (χ0n) is 27.5. The monoisotopic (exact) mass is 777 g/mol. The quantitative estimate of drug-likeness (QED) is 0.118. The molecule has 0 spiro atoms. The van der Waals surface area contributed by atoms with Crippen molar-refractivity contribution in [3.63, 3.8) is 0 Å². The van der Waals surface area contributed by atoms with Crippen LogP contribution in [-0.4, -0.2) is 89.7 Å². The average molecular weight is 779 g/mol. The zero-order valence-corrected chi connectivity index (χ0v) is 30.6. The highest BCUT2D eigenvalue weighted by atomic mass is 35.5. The van der Waals surface area contributed by atoms with Crippen molar-refractivity contribution in [1.29, 1.82) is 5.26 Å². The van der Waals surface area contributed by atoms with E-state index in [4.69, 9.17) is 40.1 Å². The van der Waals surface area contributed by atoms with Crippen molar-refractivity contribution >= 4 is 57.7 Å². The molecule has 0 saturated carbocycles. The van der Waals surface area contributed by atoms with Crippen LogP contribution in [0, 0.1) is 31.7 Å². The van der Waals surface area contributed by atoms with Gasteiger partial charge in [0.05, 0.1) is 4.92 Å². The molecule has 2 N–H and O–H groups in total. The number of hydrogen-bond donors (Lipinski definition) is 2. The number of aromatic nitrogens is 3. The minimum Gasteiger partial charge on any atom is -0.370 e. The fourth-order valence-electron chi connectivity index (χ4n) is 4.51. The Balaban J connectivity index is 0.000000207. The number of nitrogens with one attached hydrogen (secondary N) is 2. The van der Waals surface area contributed by atoms with Gasteiger partial charge in [-0.15, -0.1) is 4.99 Å². The zero-order chi connectivity index (χ0) is 37.2. The molecule has 5 rings (SSSR count). The van der Waals surface area contributed by atoms with Gasteiger partial charge in [0.25, 0.3) is 12.2 Å². The molecule has 2 fully saturated rings. The first-order valence-electron chi connectivity index (χ1n) is 15.2. The second kappa shape index (κ2) is 21.3. The Bertz CT molecular complexity index is 1720. The molecule has 2 saturated heterocycles. The Morgan fingerprint density at radius 1 is 1.00 bits per heavy atom. The Labute approximate surface area is 313 Å². The van der Waals surface area contributed by atoms with Gasteiger partial charge >= 0.3 is 0 Å². The first-order chi connectivity index (χ1) is 24.5. The topological polar surface area (TPSA) is 207 Å². The van der Waals surface area contributed by atoms with E-state index in [1.54, 1.807) is 60.5 Å². The maximum atomic E-state index is 10.5. The van der Waals surface area contributed by atoms with Crippen molar-refractivity contribution in [2.75, 3.05) is 39.0 Å². The summed E-state index contributed by atoms with van der Waals surface area (Å²) in [5.74, 6) is 1.71. The normalized spacial score (nSPS) is 15.3. The van der Waals surface area contributed by atoms with E-state index in [1.807, 2.05) is 36.2 Å². The van der Waals surface area contributed by atoms with Crippen LogP contribution in [0.25, 0.3) is 0 Å². The van der Waals surface area contributed by atoms with Crippen LogP contribution in [0.15, 0.2) is 77.1 Å². The number of nitro groups is 2. The van der Waals surface area contributed by atoms with Gasteiger partial charge in [0, 0.05) is 77.2 Å². The predicted octanol–water partition coefficient (Wildman–Crippen LogP) is 4.66. The summed E-state index contributed by atoms with van der Waals surface area (Å²) >= 11 is 18.7. The summed E-state index contributed by atoms with van der Waals surface area (Å²) in [6.07, 6.45) is 7.82. The van der Waals surface area contributed by atoms with E-state index in [0.29, 0.717) is 54.0 Å². The first-order valence-corrected chi connectivity index (χ1v) is 17.3. The van der Waals surface area contributed by atoms with Crippen molar-refractivity contribution in [2.45, 2.75) is 26.6 Å². The van der Waals surface area contributed by atoms with Crippen LogP contribution in [0.2, 0.25) is 15.5 Å². The van der Waals surface area contributed by atoms with Crippen LogP contribution in [0.1, 0.15) is 23.6 Å². The van der Waals surface area contributed by atoms with Gasteiger partial charge in [0.1, 0.15) is 20.6 Å². The van der Waals surface area contributed by atoms with Crippen molar-refractivity contribution in [2.24, 2.45) is 10.1 Å². The second-order valence-electron chi connectivity index (χ2n) is 10.3. The largest absolute Gasteiger partial charge is 0.370 e. The van der Waals surface area contributed by atoms with Gasteiger partial charge in [-0.05, 0) is 41.8 Å². The molecule has 0 amide bonds. The number of nitrogens with zero attached hydrogens (tertiary/aromatic N) is 11. The Morgan fingerprint density at radius 2 is 1.57 bits per heavy atom. The molecule has 0 bridgehead atoms. The summed E-state index contributed by atoms with van der Waals surface area (Å²) in [7, 11) is 1.65. The number of rotatable bonds is 11. The van der Waals surface area contributed by atoms with Crippen molar-refractivity contribution in [3.05, 3.63) is 119 Å². The maximum Gasteiger partial charge on any atom is 0.274 e. The van der Waals surface area contributed by atoms with Gasteiger partial charge in [-0.1, -0.05) is 64.8 Å². The third kappa shape index (κ3) is 14.4. The Hall–Kier alpha value is -4.96. The lowest BCUT2D eigenvalue weighted by Crippen LogP contribution is -2.30. The van der Waals surface area contributed by atoms with Crippen LogP contribution in [0.5, 0.6) is 0 Å². The highest BCUT2D eigenvalue weighted by Crippen LogP contribution is 2.20. The molecule has 0 aromatic carbocycles. The molecule has 0 radical (unpaired) electrons. The van der Waals surface area contributed by atoms with Crippen molar-refractivity contribution in [3.8, 4) is 6.19 Å². The van der Waals surface area contributed by atoms with E-state index in [0.717, 1.165) is 46.9 Å². The highest BCUT2D eigenvalue weighted by molar-refractivity contribution is 8.14. The number of aliphatic imine (C=N–C) groups is 1. The van der Waals surface area contributed by atoms with Gasteiger partial charge < -0.3 is 25.3 Å². The molecule has 2 aliphatic rings. The summed E-state index contributed by atoms with van der Waals surface area (Å²) in [4.78, 5) is 41.8. The molecule has 0 aliphatic carbocycles. The van der Waals surface area contributed by atoms with Gasteiger partial charge in [-0.2, -0.15) is 5.26 Å². The number of thioether (sulfide) groups is 1. The van der Waals surface area contributed by atoms with Crippen LogP contribution in [-0.2, 0) is 19.6 Å². The summed E-state index contributed by atoms with van der Waals surface area (Å²) in [5.41, 5.74) is 2.93. The van der Waals surface area contributed by atoms with E-state index in [-0.39, 0.29) is 5.96 Å². The molecule has 0 unspecified atom stereocenters. The van der Waals surface area contributed by atoms with Crippen LogP contribution >= 0.6 is 46.6 Å². The molecule has 2 aliphatic heterocycles. The van der Waals surface area contributed by atoms with Crippen LogP contribution in [0.3, 0.4) is 0 Å². The summed E-state index contributed by atoms with van der Waals surface area (Å²) in [6.45, 7) is 6.57. The highest BCUT2D eigenvalue weighted by Gasteiger charge is 2.22.